The average molecular weight is 223 g/mol. The van der Waals surface area contributed by atoms with Gasteiger partial charge in [-0.2, -0.15) is 0 Å². The highest BCUT2D eigenvalue weighted by atomic mass is 16.5. The molecule has 2 bridgehead atoms. The fraction of sp³-hybridized carbons (Fsp3) is 0.923. The monoisotopic (exact) mass is 223 g/mol. The highest BCUT2D eigenvalue weighted by Crippen LogP contribution is 2.40. The van der Waals surface area contributed by atoms with E-state index in [0.29, 0.717) is 24.5 Å². The van der Waals surface area contributed by atoms with Gasteiger partial charge in [0.1, 0.15) is 0 Å². The number of hydrogen-bond acceptors (Lipinski definition) is 3. The van der Waals surface area contributed by atoms with Crippen molar-refractivity contribution in [1.29, 1.82) is 0 Å². The van der Waals surface area contributed by atoms with Crippen LogP contribution < -0.4 is 5.32 Å². The van der Waals surface area contributed by atoms with Crippen LogP contribution in [0.1, 0.15) is 38.5 Å². The Morgan fingerprint density at radius 1 is 1.25 bits per heavy atom. The summed E-state index contributed by atoms with van der Waals surface area (Å²) >= 11 is 0. The summed E-state index contributed by atoms with van der Waals surface area (Å²) in [5, 5.41) is 3.36. The molecule has 3 atom stereocenters. The number of esters is 1. The normalized spacial score (nSPS) is 38.1. The first kappa shape index (κ1) is 10.6. The van der Waals surface area contributed by atoms with E-state index in [1.807, 2.05) is 0 Å². The summed E-state index contributed by atoms with van der Waals surface area (Å²) in [4.78, 5) is 11.9. The third-order valence-electron chi connectivity index (χ3n) is 4.60. The van der Waals surface area contributed by atoms with E-state index >= 15 is 0 Å². The lowest BCUT2D eigenvalue weighted by molar-refractivity contribution is -0.155. The van der Waals surface area contributed by atoms with Gasteiger partial charge in [-0.05, 0) is 37.6 Å². The van der Waals surface area contributed by atoms with Crippen molar-refractivity contribution >= 4 is 5.97 Å². The van der Waals surface area contributed by atoms with Gasteiger partial charge in [0.25, 0.3) is 0 Å². The molecule has 0 spiro atoms. The SMILES string of the molecule is O=C(OCC1CCCCC1)C1C2CNC1C2. The van der Waals surface area contributed by atoms with Crippen LogP contribution in [0, 0.1) is 17.8 Å². The largest absolute Gasteiger partial charge is 0.465 e. The fourth-order valence-electron chi connectivity index (χ4n) is 3.48. The molecule has 2 saturated heterocycles. The molecule has 4 rings (SSSR count). The minimum atomic E-state index is 0.0665. The molecule has 0 aromatic rings. The molecule has 16 heavy (non-hydrogen) atoms. The predicted octanol–water partition coefficient (Wildman–Crippen LogP) is 1.72. The summed E-state index contributed by atoms with van der Waals surface area (Å²) in [6, 6.07) is 0.434. The molecule has 0 radical (unpaired) electrons. The fourth-order valence-corrected chi connectivity index (χ4v) is 3.48. The third-order valence-corrected chi connectivity index (χ3v) is 4.60. The molecular weight excluding hydrogens is 202 g/mol. The first-order chi connectivity index (χ1) is 7.84. The smallest absolute Gasteiger partial charge is 0.310 e. The number of carbonyl (C=O) groups excluding carboxylic acids is 1. The minimum Gasteiger partial charge on any atom is -0.465 e. The van der Waals surface area contributed by atoms with Crippen LogP contribution in [0.4, 0.5) is 0 Å². The van der Waals surface area contributed by atoms with Gasteiger partial charge in [0.05, 0.1) is 12.5 Å². The summed E-state index contributed by atoms with van der Waals surface area (Å²) < 4.78 is 5.49. The van der Waals surface area contributed by atoms with Crippen molar-refractivity contribution in [1.82, 2.24) is 5.32 Å². The van der Waals surface area contributed by atoms with Crippen LogP contribution in [0.15, 0.2) is 0 Å². The average Bonchev–Trinajstić information content (AvgIpc) is 2.90. The Morgan fingerprint density at radius 2 is 2.06 bits per heavy atom. The first-order valence-electron chi connectivity index (χ1n) is 6.74. The Balaban J connectivity index is 1.43. The maximum atomic E-state index is 11.9. The molecule has 0 amide bonds. The Labute approximate surface area is 96.9 Å². The Hall–Kier alpha value is -0.570. The quantitative estimate of drug-likeness (QED) is 0.740. The lowest BCUT2D eigenvalue weighted by Crippen LogP contribution is -2.43. The maximum Gasteiger partial charge on any atom is 0.310 e. The first-order valence-corrected chi connectivity index (χ1v) is 6.74. The zero-order chi connectivity index (χ0) is 11.0. The van der Waals surface area contributed by atoms with Crippen molar-refractivity contribution in [3.63, 3.8) is 0 Å². The molecular formula is C13H21NO2. The Kier molecular flexibility index (Phi) is 2.88. The molecule has 1 N–H and O–H groups in total. The second-order valence-electron chi connectivity index (χ2n) is 5.67. The molecule has 4 fully saturated rings. The van der Waals surface area contributed by atoms with Crippen LogP contribution in [0.2, 0.25) is 0 Å². The van der Waals surface area contributed by atoms with Crippen LogP contribution in [0.25, 0.3) is 0 Å². The second kappa shape index (κ2) is 4.36. The molecule has 3 heteroatoms. The number of rotatable bonds is 3. The molecule has 2 aliphatic heterocycles. The summed E-state index contributed by atoms with van der Waals surface area (Å²) in [7, 11) is 0. The minimum absolute atomic E-state index is 0.0665. The molecule has 3 nitrogen and oxygen atoms in total. The lowest BCUT2D eigenvalue weighted by atomic mass is 9.74. The number of hydrogen-bond donors (Lipinski definition) is 1. The zero-order valence-electron chi connectivity index (χ0n) is 9.78. The van der Waals surface area contributed by atoms with Crippen molar-refractivity contribution < 1.29 is 9.53 Å². The van der Waals surface area contributed by atoms with Gasteiger partial charge in [-0.3, -0.25) is 4.79 Å². The Morgan fingerprint density at radius 3 is 2.69 bits per heavy atom. The molecule has 4 aliphatic rings. The number of ether oxygens (including phenoxy) is 1. The molecule has 0 aromatic carbocycles. The van der Waals surface area contributed by atoms with E-state index in [1.165, 1.54) is 38.5 Å². The van der Waals surface area contributed by atoms with Crippen molar-refractivity contribution in [3.05, 3.63) is 0 Å². The van der Waals surface area contributed by atoms with E-state index in [9.17, 15) is 4.79 Å². The molecule has 90 valence electrons. The zero-order valence-corrected chi connectivity index (χ0v) is 9.78. The van der Waals surface area contributed by atoms with Crippen molar-refractivity contribution in [2.45, 2.75) is 44.6 Å². The van der Waals surface area contributed by atoms with Gasteiger partial charge in [-0.15, -0.1) is 0 Å². The molecule has 2 saturated carbocycles. The highest BCUT2D eigenvalue weighted by Gasteiger charge is 2.51. The molecule has 2 heterocycles. The van der Waals surface area contributed by atoms with E-state index in [4.69, 9.17) is 4.74 Å². The van der Waals surface area contributed by atoms with Gasteiger partial charge in [-0.25, -0.2) is 0 Å². The summed E-state index contributed by atoms with van der Waals surface area (Å²) in [6.07, 6.45) is 7.69. The van der Waals surface area contributed by atoms with Crippen molar-refractivity contribution in [2.24, 2.45) is 17.8 Å². The van der Waals surface area contributed by atoms with Crippen LogP contribution in [0.5, 0.6) is 0 Å². The topological polar surface area (TPSA) is 38.3 Å². The highest BCUT2D eigenvalue weighted by molar-refractivity contribution is 5.75. The van der Waals surface area contributed by atoms with Gasteiger partial charge in [0, 0.05) is 6.04 Å². The lowest BCUT2D eigenvalue weighted by Gasteiger charge is -2.32. The van der Waals surface area contributed by atoms with Crippen molar-refractivity contribution in [2.75, 3.05) is 13.2 Å². The van der Waals surface area contributed by atoms with E-state index in [1.54, 1.807) is 0 Å². The van der Waals surface area contributed by atoms with Gasteiger partial charge >= 0.3 is 5.97 Å². The van der Waals surface area contributed by atoms with Crippen LogP contribution in [0.3, 0.4) is 0 Å². The van der Waals surface area contributed by atoms with E-state index < -0.39 is 0 Å². The van der Waals surface area contributed by atoms with Crippen molar-refractivity contribution in [3.8, 4) is 0 Å². The van der Waals surface area contributed by atoms with E-state index in [2.05, 4.69) is 5.32 Å². The predicted molar refractivity (Wildman–Crippen MR) is 60.9 cm³/mol. The summed E-state index contributed by atoms with van der Waals surface area (Å²) in [6.45, 7) is 1.70. The maximum absolute atomic E-state index is 11.9. The molecule has 0 aromatic heterocycles. The molecule has 2 aliphatic carbocycles. The van der Waals surface area contributed by atoms with Gasteiger partial charge in [-0.1, -0.05) is 19.3 Å². The van der Waals surface area contributed by atoms with Gasteiger partial charge in [0.15, 0.2) is 0 Å². The van der Waals surface area contributed by atoms with Crippen LogP contribution >= 0.6 is 0 Å². The number of fused-ring (bicyclic) bond motifs is 1. The molecule has 3 unspecified atom stereocenters. The number of nitrogens with one attached hydrogen (secondary N) is 1. The second-order valence-corrected chi connectivity index (χ2v) is 5.67. The van der Waals surface area contributed by atoms with Crippen LogP contribution in [-0.4, -0.2) is 25.2 Å². The van der Waals surface area contributed by atoms with Gasteiger partial charge in [0.2, 0.25) is 0 Å². The summed E-state index contributed by atoms with van der Waals surface area (Å²) in [5.41, 5.74) is 0. The Bertz CT molecular complexity index is 259. The number of carbonyl (C=O) groups is 1. The van der Waals surface area contributed by atoms with Gasteiger partial charge < -0.3 is 10.1 Å². The van der Waals surface area contributed by atoms with E-state index in [0.717, 1.165) is 6.54 Å². The summed E-state index contributed by atoms with van der Waals surface area (Å²) in [5.74, 6) is 1.47. The third kappa shape index (κ3) is 1.86. The van der Waals surface area contributed by atoms with Crippen LogP contribution in [-0.2, 0) is 9.53 Å². The standard InChI is InChI=1S/C13H21NO2/c15-13(12-10-6-11(12)14-7-10)16-8-9-4-2-1-3-5-9/h9-12,14H,1-8H2. The van der Waals surface area contributed by atoms with E-state index in [-0.39, 0.29) is 11.9 Å².